The smallest absolute Gasteiger partial charge is 0.226 e. The van der Waals surface area contributed by atoms with Crippen LogP contribution < -0.4 is 10.2 Å². The number of halogens is 3. The molecule has 1 amide bonds. The van der Waals surface area contributed by atoms with Gasteiger partial charge >= 0.3 is 0 Å². The van der Waals surface area contributed by atoms with Gasteiger partial charge in [0.15, 0.2) is 5.82 Å². The predicted molar refractivity (Wildman–Crippen MR) is 208 cm³/mol. The lowest BCUT2D eigenvalue weighted by Crippen LogP contribution is -2.45. The lowest BCUT2D eigenvalue weighted by molar-refractivity contribution is -0.135. The minimum Gasteiger partial charge on any atom is -0.369 e. The number of hydrogen-bond donors (Lipinski definition) is 1. The molecule has 0 radical (unpaired) electrons. The van der Waals surface area contributed by atoms with Crippen LogP contribution in [-0.2, 0) is 11.2 Å². The van der Waals surface area contributed by atoms with Crippen LogP contribution in [0.3, 0.4) is 0 Å². The second-order valence-electron chi connectivity index (χ2n) is 16.0. The van der Waals surface area contributed by atoms with E-state index >= 15 is 4.39 Å². The van der Waals surface area contributed by atoms with Gasteiger partial charge in [-0.3, -0.25) is 4.79 Å². The summed E-state index contributed by atoms with van der Waals surface area (Å²) in [6.07, 6.45) is 4.40. The number of benzene rings is 3. The van der Waals surface area contributed by atoms with Crippen LogP contribution in [0.4, 0.5) is 10.1 Å². The van der Waals surface area contributed by atoms with Gasteiger partial charge in [0.2, 0.25) is 5.91 Å². The highest BCUT2D eigenvalue weighted by molar-refractivity contribution is 6.43. The molecule has 0 spiro atoms. The molecular formula is C43H38Cl2FN7O. The Balaban J connectivity index is 1.20. The third kappa shape index (κ3) is 5.09. The fraction of sp³-hybridized carbons (Fsp3) is 0.395. The summed E-state index contributed by atoms with van der Waals surface area (Å²) in [5, 5.41) is 25.1. The van der Waals surface area contributed by atoms with Crippen molar-refractivity contribution in [3.05, 3.63) is 93.0 Å². The average molecular weight is 759 g/mol. The summed E-state index contributed by atoms with van der Waals surface area (Å²) in [6.45, 7) is 4.39. The molecule has 6 aliphatic rings. The molecule has 1 N–H and O–H groups in total. The van der Waals surface area contributed by atoms with Crippen LogP contribution >= 0.6 is 23.2 Å². The first kappa shape index (κ1) is 33.9. The van der Waals surface area contributed by atoms with Gasteiger partial charge in [0.05, 0.1) is 51.4 Å². The Bertz CT molecular complexity index is 2470. The zero-order valence-corrected chi connectivity index (χ0v) is 31.3. The second-order valence-corrected chi connectivity index (χ2v) is 16.7. The molecule has 6 heterocycles. The molecule has 2 aliphatic carbocycles. The normalized spacial score (nSPS) is 25.6. The molecule has 3 aromatic carbocycles. The van der Waals surface area contributed by atoms with Gasteiger partial charge in [-0.25, -0.2) is 9.37 Å². The summed E-state index contributed by atoms with van der Waals surface area (Å²) < 4.78 is 19.8. The average Bonchev–Trinajstić information content (AvgIpc) is 3.46. The number of amides is 1. The van der Waals surface area contributed by atoms with Crippen molar-refractivity contribution in [2.75, 3.05) is 24.5 Å². The number of anilines is 1. The number of nitrogens with zero attached hydrogens (tertiary/aromatic N) is 6. The van der Waals surface area contributed by atoms with Crippen LogP contribution in [0.15, 0.2) is 54.6 Å². The van der Waals surface area contributed by atoms with Crippen molar-refractivity contribution in [3.8, 4) is 23.3 Å². The van der Waals surface area contributed by atoms with Gasteiger partial charge in [0.25, 0.3) is 0 Å². The summed E-state index contributed by atoms with van der Waals surface area (Å²) in [4.78, 5) is 24.0. The SMILES string of the molecule is Cc1nc2c(F)c(-c3cccc(Cl)c3Cl)c(CCC#N)cc2c2c1cc(C1C3CC(CN(c4ccc(C#N)cc4)C3)N1C(=O)C1CC1)n2C1C2CNC1C2. The number of rotatable bonds is 7. The standard InChI is InChI=1S/C43H38Cl2FN7O/c1-22-31-17-35(41-27-14-29(52(41)43(54)24-9-10-24)21-51(20-27)28-11-7-23(18-48)8-12-28)53(40-26-16-34(40)49-19-26)42(31)32-15-25(4-3-13-47)36(38(46)39(32)50-22)30-5-2-6-33(44)37(30)45/h2,5-8,11-12,15,17,24,26-27,29,34,40-41,49H,3-4,9-10,14,16,19-21H2,1H3. The first-order valence-corrected chi connectivity index (χ1v) is 19.8. The molecule has 11 rings (SSSR count). The molecule has 2 aromatic heterocycles. The lowest BCUT2D eigenvalue weighted by atomic mass is 9.79. The van der Waals surface area contributed by atoms with Crippen LogP contribution in [-0.4, -0.2) is 52.1 Å². The van der Waals surface area contributed by atoms with E-state index in [1.54, 1.807) is 18.2 Å². The van der Waals surface area contributed by atoms with Crippen LogP contribution in [0, 0.1) is 53.2 Å². The number of fused-ring (bicyclic) bond motifs is 6. The third-order valence-electron chi connectivity index (χ3n) is 12.9. The van der Waals surface area contributed by atoms with E-state index in [-0.39, 0.29) is 58.9 Å². The molecule has 6 fully saturated rings. The van der Waals surface area contributed by atoms with Gasteiger partial charge in [-0.1, -0.05) is 35.3 Å². The molecule has 4 bridgehead atoms. The molecular weight excluding hydrogens is 720 g/mol. The maximum Gasteiger partial charge on any atom is 0.226 e. The van der Waals surface area contributed by atoms with E-state index in [0.29, 0.717) is 45.0 Å². The number of hydrogen-bond acceptors (Lipinski definition) is 6. The van der Waals surface area contributed by atoms with Crippen molar-refractivity contribution < 1.29 is 9.18 Å². The molecule has 2 saturated carbocycles. The molecule has 54 heavy (non-hydrogen) atoms. The largest absolute Gasteiger partial charge is 0.369 e. The zero-order chi connectivity index (χ0) is 37.0. The van der Waals surface area contributed by atoms with E-state index < -0.39 is 5.82 Å². The molecule has 4 saturated heterocycles. The van der Waals surface area contributed by atoms with E-state index in [0.717, 1.165) is 73.3 Å². The Labute approximate surface area is 323 Å². The predicted octanol–water partition coefficient (Wildman–Crippen LogP) is 8.66. The molecule has 11 heteroatoms. The number of likely N-dealkylation sites (tertiary alicyclic amines) is 1. The van der Waals surface area contributed by atoms with Crippen LogP contribution in [0.1, 0.15) is 66.7 Å². The van der Waals surface area contributed by atoms with Crippen LogP contribution in [0.5, 0.6) is 0 Å². The summed E-state index contributed by atoms with van der Waals surface area (Å²) in [6, 6.07) is 22.1. The number of carbonyl (C=O) groups excluding carboxylic acids is 1. The molecule has 5 aromatic rings. The van der Waals surface area contributed by atoms with Gasteiger partial charge in [-0.15, -0.1) is 0 Å². The Kier molecular flexibility index (Phi) is 7.96. The zero-order valence-electron chi connectivity index (χ0n) is 29.8. The van der Waals surface area contributed by atoms with Gasteiger partial charge in [0.1, 0.15) is 5.52 Å². The number of piperidine rings is 1. The Morgan fingerprint density at radius 2 is 1.85 bits per heavy atom. The molecule has 8 nitrogen and oxygen atoms in total. The van der Waals surface area contributed by atoms with E-state index in [2.05, 4.69) is 37.9 Å². The highest BCUT2D eigenvalue weighted by atomic mass is 35.5. The Hall–Kier alpha value is -4.67. The monoisotopic (exact) mass is 757 g/mol. The number of nitrogens with one attached hydrogen (secondary N) is 1. The van der Waals surface area contributed by atoms with Crippen molar-refractivity contribution in [2.45, 2.75) is 69.6 Å². The van der Waals surface area contributed by atoms with Crippen molar-refractivity contribution in [2.24, 2.45) is 17.8 Å². The summed E-state index contributed by atoms with van der Waals surface area (Å²) in [5.74, 6) is 0.429. The first-order valence-electron chi connectivity index (χ1n) is 19.0. The van der Waals surface area contributed by atoms with E-state index in [1.165, 1.54) is 0 Å². The first-order chi connectivity index (χ1) is 26.2. The molecule has 6 atom stereocenters. The van der Waals surface area contributed by atoms with Crippen LogP contribution in [0.25, 0.3) is 32.9 Å². The quantitative estimate of drug-likeness (QED) is 0.178. The van der Waals surface area contributed by atoms with Gasteiger partial charge in [0, 0.05) is 82.9 Å². The van der Waals surface area contributed by atoms with Crippen LogP contribution in [0.2, 0.25) is 10.0 Å². The molecule has 6 unspecified atom stereocenters. The summed E-state index contributed by atoms with van der Waals surface area (Å²) >= 11 is 13.2. The highest BCUT2D eigenvalue weighted by Crippen LogP contribution is 2.54. The highest BCUT2D eigenvalue weighted by Gasteiger charge is 2.55. The van der Waals surface area contributed by atoms with Gasteiger partial charge < -0.3 is 19.7 Å². The van der Waals surface area contributed by atoms with Crippen molar-refractivity contribution in [1.82, 2.24) is 19.8 Å². The number of carbonyl (C=O) groups is 1. The molecule has 4 aliphatic heterocycles. The number of nitriles is 2. The van der Waals surface area contributed by atoms with E-state index in [4.69, 9.17) is 28.2 Å². The van der Waals surface area contributed by atoms with E-state index in [1.807, 2.05) is 37.3 Å². The maximum atomic E-state index is 17.3. The fourth-order valence-electron chi connectivity index (χ4n) is 10.3. The molecule has 272 valence electrons. The lowest BCUT2D eigenvalue weighted by Gasteiger charge is -2.40. The number of aryl methyl sites for hydroxylation is 2. The minimum absolute atomic E-state index is 0.0520. The van der Waals surface area contributed by atoms with Crippen molar-refractivity contribution in [1.29, 1.82) is 10.5 Å². The van der Waals surface area contributed by atoms with E-state index in [9.17, 15) is 15.3 Å². The second kappa shape index (κ2) is 12.7. The summed E-state index contributed by atoms with van der Waals surface area (Å²) in [5.41, 5.74) is 6.22. The fourth-order valence-corrected chi connectivity index (χ4v) is 10.7. The Morgan fingerprint density at radius 1 is 1.04 bits per heavy atom. The minimum atomic E-state index is -0.473. The third-order valence-corrected chi connectivity index (χ3v) is 13.7. The van der Waals surface area contributed by atoms with Gasteiger partial charge in [-0.2, -0.15) is 10.5 Å². The number of pyridine rings is 1. The number of aromatic nitrogens is 2. The van der Waals surface area contributed by atoms with Gasteiger partial charge in [-0.05, 0) is 93.0 Å². The van der Waals surface area contributed by atoms with Crippen molar-refractivity contribution in [3.63, 3.8) is 0 Å². The van der Waals surface area contributed by atoms with Crippen molar-refractivity contribution >= 4 is 56.6 Å². The Morgan fingerprint density at radius 3 is 2.56 bits per heavy atom. The maximum absolute atomic E-state index is 17.3. The topological polar surface area (TPSA) is 101 Å². The summed E-state index contributed by atoms with van der Waals surface area (Å²) in [7, 11) is 0.